The van der Waals surface area contributed by atoms with Crippen molar-refractivity contribution in [1.29, 1.82) is 0 Å². The van der Waals surface area contributed by atoms with Crippen LogP contribution in [-0.2, 0) is 27.2 Å². The zero-order valence-electron chi connectivity index (χ0n) is 20.2. The second-order valence-electron chi connectivity index (χ2n) is 8.10. The van der Waals surface area contributed by atoms with Crippen LogP contribution in [0.5, 0.6) is 11.5 Å². The highest BCUT2D eigenvalue weighted by molar-refractivity contribution is 5.88. The molecule has 0 saturated heterocycles. The van der Waals surface area contributed by atoms with Gasteiger partial charge in [-0.2, -0.15) is 0 Å². The fraction of sp³-hybridized carbons (Fsp3) is 0.200. The summed E-state index contributed by atoms with van der Waals surface area (Å²) >= 11 is 0. The Morgan fingerprint density at radius 1 is 0.771 bits per heavy atom. The third-order valence-corrected chi connectivity index (χ3v) is 5.21. The molecular weight excluding hydrogens is 440 g/mol. The molecule has 0 atom stereocenters. The number of allylic oxidation sites excluding steroid dienone is 1. The van der Waals surface area contributed by atoms with Crippen molar-refractivity contribution in [2.24, 2.45) is 0 Å². The molecule has 5 nitrogen and oxygen atoms in total. The number of carbonyl (C=O) groups is 2. The lowest BCUT2D eigenvalue weighted by molar-refractivity contribution is -0.134. The molecule has 0 aliphatic heterocycles. The van der Waals surface area contributed by atoms with Crippen LogP contribution in [0.15, 0.2) is 97.3 Å². The van der Waals surface area contributed by atoms with Gasteiger partial charge in [0.15, 0.2) is 0 Å². The van der Waals surface area contributed by atoms with Gasteiger partial charge in [0, 0.05) is 18.4 Å². The Hall–Kier alpha value is -4.12. The minimum atomic E-state index is -0.441. The topological polar surface area (TPSA) is 61.8 Å². The molecule has 0 amide bonds. The van der Waals surface area contributed by atoms with Gasteiger partial charge < -0.3 is 14.2 Å². The number of hydrogen-bond acceptors (Lipinski definition) is 5. The van der Waals surface area contributed by atoms with E-state index in [1.807, 2.05) is 73.7 Å². The van der Waals surface area contributed by atoms with Gasteiger partial charge in [-0.25, -0.2) is 4.79 Å². The van der Waals surface area contributed by atoms with E-state index in [0.29, 0.717) is 36.5 Å². The standard InChI is InChI=1S/C30H30O5/c1-4-20-33-21-19-24-7-14-27(15-8-24)34-29(31)18-9-23-5-10-25(11-6-23)26-12-16-28(17-13-26)35-30(32)22(2)3/h4-8,10-17,20H,2,9,18-19,21H2,1,3H3. The fourth-order valence-corrected chi connectivity index (χ4v) is 3.27. The predicted molar refractivity (Wildman–Crippen MR) is 137 cm³/mol. The van der Waals surface area contributed by atoms with Crippen molar-refractivity contribution in [2.75, 3.05) is 6.61 Å². The van der Waals surface area contributed by atoms with Crippen molar-refractivity contribution >= 4 is 11.9 Å². The van der Waals surface area contributed by atoms with Gasteiger partial charge in [0.1, 0.15) is 11.5 Å². The van der Waals surface area contributed by atoms with Crippen LogP contribution in [0.3, 0.4) is 0 Å². The first-order valence-corrected chi connectivity index (χ1v) is 11.5. The maximum atomic E-state index is 12.3. The molecule has 0 heterocycles. The van der Waals surface area contributed by atoms with Gasteiger partial charge >= 0.3 is 11.9 Å². The van der Waals surface area contributed by atoms with Crippen LogP contribution in [0.25, 0.3) is 11.1 Å². The molecule has 0 aliphatic rings. The average molecular weight is 471 g/mol. The highest BCUT2D eigenvalue weighted by Crippen LogP contribution is 2.24. The Morgan fingerprint density at radius 2 is 1.29 bits per heavy atom. The second kappa shape index (κ2) is 12.9. The molecule has 0 saturated carbocycles. The summed E-state index contributed by atoms with van der Waals surface area (Å²) in [5.74, 6) is 0.312. The van der Waals surface area contributed by atoms with Crippen LogP contribution in [0.4, 0.5) is 0 Å². The van der Waals surface area contributed by atoms with Crippen molar-refractivity contribution in [3.05, 3.63) is 108 Å². The molecule has 0 spiro atoms. The molecule has 0 fully saturated rings. The van der Waals surface area contributed by atoms with Gasteiger partial charge in [0.05, 0.1) is 12.9 Å². The summed E-state index contributed by atoms with van der Waals surface area (Å²) in [4.78, 5) is 23.9. The minimum absolute atomic E-state index is 0.266. The largest absolute Gasteiger partial charge is 0.501 e. The lowest BCUT2D eigenvalue weighted by Crippen LogP contribution is -2.09. The summed E-state index contributed by atoms with van der Waals surface area (Å²) in [6.45, 7) is 7.71. The monoisotopic (exact) mass is 470 g/mol. The van der Waals surface area contributed by atoms with E-state index in [2.05, 4.69) is 6.58 Å². The highest BCUT2D eigenvalue weighted by Gasteiger charge is 2.08. The van der Waals surface area contributed by atoms with E-state index in [4.69, 9.17) is 14.2 Å². The number of carbonyl (C=O) groups excluding carboxylic acids is 2. The average Bonchev–Trinajstić information content (AvgIpc) is 2.87. The van der Waals surface area contributed by atoms with Crippen LogP contribution in [0, 0.1) is 0 Å². The Morgan fingerprint density at radius 3 is 1.89 bits per heavy atom. The first-order valence-electron chi connectivity index (χ1n) is 11.5. The molecule has 3 aromatic carbocycles. The molecule has 35 heavy (non-hydrogen) atoms. The highest BCUT2D eigenvalue weighted by atomic mass is 16.5. The Balaban J connectivity index is 1.46. The van der Waals surface area contributed by atoms with Crippen molar-refractivity contribution in [2.45, 2.75) is 33.1 Å². The summed E-state index contributed by atoms with van der Waals surface area (Å²) in [7, 11) is 0. The van der Waals surface area contributed by atoms with Gasteiger partial charge in [0.2, 0.25) is 0 Å². The van der Waals surface area contributed by atoms with Crippen molar-refractivity contribution < 1.29 is 23.8 Å². The van der Waals surface area contributed by atoms with Gasteiger partial charge in [-0.3, -0.25) is 4.79 Å². The van der Waals surface area contributed by atoms with E-state index in [0.717, 1.165) is 28.7 Å². The quantitative estimate of drug-likeness (QED) is 0.106. The normalized spacial score (nSPS) is 10.7. The molecule has 0 aliphatic carbocycles. The molecular formula is C30H30O5. The minimum Gasteiger partial charge on any atom is -0.501 e. The zero-order chi connectivity index (χ0) is 25.0. The molecule has 0 radical (unpaired) electrons. The van der Waals surface area contributed by atoms with Gasteiger partial charge in [0.25, 0.3) is 0 Å². The predicted octanol–water partition coefficient (Wildman–Crippen LogP) is 6.47. The van der Waals surface area contributed by atoms with Gasteiger partial charge in [-0.1, -0.05) is 61.2 Å². The maximum Gasteiger partial charge on any atom is 0.338 e. The number of esters is 2. The smallest absolute Gasteiger partial charge is 0.338 e. The Bertz CT molecular complexity index is 1160. The number of hydrogen-bond donors (Lipinski definition) is 0. The van der Waals surface area contributed by atoms with E-state index in [9.17, 15) is 9.59 Å². The van der Waals surface area contributed by atoms with E-state index in [1.54, 1.807) is 25.3 Å². The zero-order valence-corrected chi connectivity index (χ0v) is 20.2. The number of rotatable bonds is 11. The number of benzene rings is 3. The van der Waals surface area contributed by atoms with Crippen LogP contribution in [0.1, 0.15) is 31.4 Å². The summed E-state index contributed by atoms with van der Waals surface area (Å²) in [5.41, 5.74) is 4.56. The summed E-state index contributed by atoms with van der Waals surface area (Å²) in [6, 6.07) is 22.8. The number of ether oxygens (including phenoxy) is 3. The van der Waals surface area contributed by atoms with E-state index < -0.39 is 5.97 Å². The Labute approximate surface area is 206 Å². The first-order chi connectivity index (χ1) is 16.9. The summed E-state index contributed by atoms with van der Waals surface area (Å²) in [5, 5.41) is 0. The first kappa shape index (κ1) is 25.5. The van der Waals surface area contributed by atoms with Crippen molar-refractivity contribution in [3.63, 3.8) is 0 Å². The van der Waals surface area contributed by atoms with Crippen LogP contribution in [0.2, 0.25) is 0 Å². The Kier molecular flexibility index (Phi) is 9.43. The van der Waals surface area contributed by atoms with E-state index in [-0.39, 0.29) is 5.97 Å². The molecule has 0 bridgehead atoms. The SMILES string of the molecule is C=C(C)C(=O)Oc1ccc(-c2ccc(CCC(=O)Oc3ccc(CCOC=CC)cc3)cc2)cc1. The molecule has 180 valence electrons. The molecule has 0 N–H and O–H groups in total. The lowest BCUT2D eigenvalue weighted by Gasteiger charge is -2.08. The van der Waals surface area contributed by atoms with E-state index >= 15 is 0 Å². The number of aryl methyl sites for hydroxylation is 1. The lowest BCUT2D eigenvalue weighted by atomic mass is 10.0. The molecule has 0 aromatic heterocycles. The van der Waals surface area contributed by atoms with E-state index in [1.165, 1.54) is 0 Å². The third-order valence-electron chi connectivity index (χ3n) is 5.21. The summed E-state index contributed by atoms with van der Waals surface area (Å²) < 4.78 is 16.0. The van der Waals surface area contributed by atoms with Gasteiger partial charge in [-0.15, -0.1) is 0 Å². The molecule has 3 rings (SSSR count). The van der Waals surface area contributed by atoms with Crippen molar-refractivity contribution in [3.8, 4) is 22.6 Å². The third kappa shape index (κ3) is 8.31. The van der Waals surface area contributed by atoms with Crippen LogP contribution >= 0.6 is 0 Å². The molecule has 0 unspecified atom stereocenters. The maximum absolute atomic E-state index is 12.3. The van der Waals surface area contributed by atoms with Crippen LogP contribution < -0.4 is 9.47 Å². The second-order valence-corrected chi connectivity index (χ2v) is 8.10. The van der Waals surface area contributed by atoms with Gasteiger partial charge in [-0.05, 0) is 66.8 Å². The fourth-order valence-electron chi connectivity index (χ4n) is 3.27. The van der Waals surface area contributed by atoms with Crippen molar-refractivity contribution in [1.82, 2.24) is 0 Å². The summed E-state index contributed by atoms with van der Waals surface area (Å²) in [6.07, 6.45) is 5.20. The molecule has 3 aromatic rings. The van der Waals surface area contributed by atoms with Crippen LogP contribution in [-0.4, -0.2) is 18.5 Å². The molecule has 5 heteroatoms.